The van der Waals surface area contributed by atoms with Crippen molar-refractivity contribution in [3.63, 3.8) is 0 Å². The highest BCUT2D eigenvalue weighted by molar-refractivity contribution is 6.27. The van der Waals surface area contributed by atoms with Crippen molar-refractivity contribution >= 4 is 17.9 Å². The van der Waals surface area contributed by atoms with Gasteiger partial charge < -0.3 is 29.6 Å². The maximum absolute atomic E-state index is 12.9. The number of ether oxygens (including phenoxy) is 2. The molecule has 3 aromatic rings. The van der Waals surface area contributed by atoms with E-state index >= 15 is 0 Å². The van der Waals surface area contributed by atoms with Crippen LogP contribution in [0.5, 0.6) is 11.5 Å². The Morgan fingerprint density at radius 2 is 1.77 bits per heavy atom. The van der Waals surface area contributed by atoms with E-state index in [0.29, 0.717) is 6.54 Å². The predicted molar refractivity (Wildman–Crippen MR) is 104 cm³/mol. The number of anilines is 1. The Morgan fingerprint density at radius 3 is 2.43 bits per heavy atom. The summed E-state index contributed by atoms with van der Waals surface area (Å²) in [6.45, 7) is 0.834. The number of carbonyl (C=O) groups is 2. The monoisotopic (exact) mass is 415 g/mol. The molecule has 156 valence electrons. The van der Waals surface area contributed by atoms with Crippen molar-refractivity contribution in [3.05, 3.63) is 60.0 Å². The highest BCUT2D eigenvalue weighted by Crippen LogP contribution is 2.36. The van der Waals surface area contributed by atoms with Crippen molar-refractivity contribution in [1.82, 2.24) is 9.55 Å². The van der Waals surface area contributed by atoms with Crippen LogP contribution in [-0.4, -0.2) is 38.5 Å². The summed E-state index contributed by atoms with van der Waals surface area (Å²) in [6, 6.07) is 12.2. The van der Waals surface area contributed by atoms with Crippen molar-refractivity contribution in [3.8, 4) is 22.8 Å². The van der Waals surface area contributed by atoms with Crippen molar-refractivity contribution in [2.45, 2.75) is 6.54 Å². The average Bonchev–Trinajstić information content (AvgIpc) is 3.34. The van der Waals surface area contributed by atoms with Crippen molar-refractivity contribution in [1.29, 1.82) is 0 Å². The quantitative estimate of drug-likeness (QED) is 0.556. The zero-order valence-corrected chi connectivity index (χ0v) is 15.8. The number of carboxylic acids is 2. The molecule has 4 rings (SSSR count). The van der Waals surface area contributed by atoms with Gasteiger partial charge in [-0.2, -0.15) is 0 Å². The number of hydrogen-bond acceptors (Lipinski definition) is 6. The predicted octanol–water partition coefficient (Wildman–Crippen LogP) is 2.72. The van der Waals surface area contributed by atoms with Gasteiger partial charge >= 0.3 is 11.9 Å². The number of halogens is 1. The van der Waals surface area contributed by atoms with Gasteiger partial charge in [0.25, 0.3) is 0 Å². The molecule has 1 aliphatic heterocycles. The van der Waals surface area contributed by atoms with E-state index in [9.17, 15) is 4.39 Å². The number of aromatic nitrogens is 2. The Labute approximate surface area is 170 Å². The van der Waals surface area contributed by atoms with E-state index in [1.54, 1.807) is 12.1 Å². The SMILES string of the molecule is Cn1c(-c2ccc3c(c2)OCO3)cnc1NCc1ccc(F)cc1.O=C(O)C(=O)O. The fourth-order valence-corrected chi connectivity index (χ4v) is 2.68. The second-order valence-corrected chi connectivity index (χ2v) is 6.18. The van der Waals surface area contributed by atoms with Crippen LogP contribution in [0.1, 0.15) is 5.56 Å². The molecule has 0 radical (unpaired) electrons. The van der Waals surface area contributed by atoms with Crippen LogP contribution < -0.4 is 14.8 Å². The lowest BCUT2D eigenvalue weighted by Crippen LogP contribution is -2.09. The first kappa shape index (κ1) is 20.6. The summed E-state index contributed by atoms with van der Waals surface area (Å²) in [5, 5.41) is 18.0. The number of rotatable bonds is 4. The summed E-state index contributed by atoms with van der Waals surface area (Å²) in [5.74, 6) is -1.64. The molecule has 0 bridgehead atoms. The second-order valence-electron chi connectivity index (χ2n) is 6.18. The lowest BCUT2D eigenvalue weighted by Gasteiger charge is -2.09. The maximum Gasteiger partial charge on any atom is 0.414 e. The Morgan fingerprint density at radius 1 is 1.10 bits per heavy atom. The van der Waals surface area contributed by atoms with Crippen LogP contribution in [0, 0.1) is 5.82 Å². The summed E-state index contributed by atoms with van der Waals surface area (Å²) in [6.07, 6.45) is 1.81. The molecule has 1 aromatic heterocycles. The zero-order valence-electron chi connectivity index (χ0n) is 15.8. The highest BCUT2D eigenvalue weighted by atomic mass is 19.1. The molecule has 0 saturated carbocycles. The molecule has 0 aliphatic carbocycles. The van der Waals surface area contributed by atoms with Crippen molar-refractivity contribution in [2.75, 3.05) is 12.1 Å². The van der Waals surface area contributed by atoms with Gasteiger partial charge in [0.05, 0.1) is 11.9 Å². The van der Waals surface area contributed by atoms with Crippen LogP contribution >= 0.6 is 0 Å². The van der Waals surface area contributed by atoms with E-state index in [0.717, 1.165) is 34.3 Å². The third kappa shape index (κ3) is 4.85. The van der Waals surface area contributed by atoms with Gasteiger partial charge in [-0.25, -0.2) is 19.0 Å². The second kappa shape index (κ2) is 8.95. The highest BCUT2D eigenvalue weighted by Gasteiger charge is 2.16. The van der Waals surface area contributed by atoms with Crippen molar-refractivity contribution < 1.29 is 33.7 Å². The topological polar surface area (TPSA) is 123 Å². The van der Waals surface area contributed by atoms with E-state index in [-0.39, 0.29) is 12.6 Å². The molecule has 2 aromatic carbocycles. The van der Waals surface area contributed by atoms with Gasteiger partial charge in [0.1, 0.15) is 5.82 Å². The maximum atomic E-state index is 12.9. The molecule has 0 atom stereocenters. The molecule has 1 aliphatic rings. The Balaban J connectivity index is 0.000000377. The van der Waals surface area contributed by atoms with Gasteiger partial charge in [0, 0.05) is 19.2 Å². The van der Waals surface area contributed by atoms with Gasteiger partial charge in [-0.3, -0.25) is 0 Å². The zero-order chi connectivity index (χ0) is 21.7. The largest absolute Gasteiger partial charge is 0.473 e. The molecule has 0 fully saturated rings. The molecule has 0 spiro atoms. The van der Waals surface area contributed by atoms with Crippen LogP contribution in [0.25, 0.3) is 11.3 Å². The molecule has 0 saturated heterocycles. The lowest BCUT2D eigenvalue weighted by molar-refractivity contribution is -0.159. The summed E-state index contributed by atoms with van der Waals surface area (Å²) >= 11 is 0. The molecular weight excluding hydrogens is 397 g/mol. The third-order valence-corrected chi connectivity index (χ3v) is 4.20. The van der Waals surface area contributed by atoms with Crippen LogP contribution in [0.4, 0.5) is 10.3 Å². The molecule has 0 unspecified atom stereocenters. The van der Waals surface area contributed by atoms with Crippen LogP contribution in [-0.2, 0) is 23.2 Å². The average molecular weight is 415 g/mol. The fraction of sp³-hybridized carbons (Fsp3) is 0.150. The van der Waals surface area contributed by atoms with Crippen LogP contribution in [0.15, 0.2) is 48.7 Å². The molecule has 10 heteroatoms. The van der Waals surface area contributed by atoms with Crippen molar-refractivity contribution in [2.24, 2.45) is 7.05 Å². The minimum atomic E-state index is -1.82. The number of carboxylic acid groups (broad SMARTS) is 2. The molecule has 2 heterocycles. The summed E-state index contributed by atoms with van der Waals surface area (Å²) in [4.78, 5) is 22.6. The van der Waals surface area contributed by atoms with Crippen LogP contribution in [0.3, 0.4) is 0 Å². The molecule has 30 heavy (non-hydrogen) atoms. The minimum absolute atomic E-state index is 0.235. The summed E-state index contributed by atoms with van der Waals surface area (Å²) < 4.78 is 25.7. The summed E-state index contributed by atoms with van der Waals surface area (Å²) in [7, 11) is 1.94. The van der Waals surface area contributed by atoms with E-state index in [1.165, 1.54) is 12.1 Å². The van der Waals surface area contributed by atoms with Gasteiger partial charge in [0.15, 0.2) is 11.5 Å². The minimum Gasteiger partial charge on any atom is -0.473 e. The molecule has 9 nitrogen and oxygen atoms in total. The normalized spacial score (nSPS) is 11.4. The number of aliphatic carboxylic acids is 2. The van der Waals surface area contributed by atoms with Gasteiger partial charge in [-0.05, 0) is 35.9 Å². The fourth-order valence-electron chi connectivity index (χ4n) is 2.68. The number of hydrogen-bond donors (Lipinski definition) is 3. The first-order valence-electron chi connectivity index (χ1n) is 8.71. The smallest absolute Gasteiger partial charge is 0.414 e. The molecular formula is C20H18FN3O6. The third-order valence-electron chi connectivity index (χ3n) is 4.20. The first-order chi connectivity index (χ1) is 14.3. The van der Waals surface area contributed by atoms with Gasteiger partial charge in [-0.1, -0.05) is 12.1 Å². The number of imidazole rings is 1. The Hall–Kier alpha value is -4.08. The Kier molecular flexibility index (Phi) is 6.16. The Bertz CT molecular complexity index is 1050. The number of fused-ring (bicyclic) bond motifs is 1. The lowest BCUT2D eigenvalue weighted by atomic mass is 10.1. The van der Waals surface area contributed by atoms with E-state index in [4.69, 9.17) is 29.3 Å². The van der Waals surface area contributed by atoms with Crippen LogP contribution in [0.2, 0.25) is 0 Å². The summed E-state index contributed by atoms with van der Waals surface area (Å²) in [5.41, 5.74) is 2.96. The number of nitrogens with zero attached hydrogens (tertiary/aromatic N) is 2. The number of benzene rings is 2. The molecule has 3 N–H and O–H groups in total. The standard InChI is InChI=1S/C18H16FN3O2.C2H2O4/c1-22-15(13-4-7-16-17(8-13)24-11-23-16)10-21-18(22)20-9-12-2-5-14(19)6-3-12;3-1(4)2(5)6/h2-8,10H,9,11H2,1H3,(H,20,21);(H,3,4)(H,5,6). The van der Waals surface area contributed by atoms with E-state index in [1.807, 2.05) is 36.0 Å². The molecule has 0 amide bonds. The van der Waals surface area contributed by atoms with E-state index < -0.39 is 11.9 Å². The number of nitrogens with one attached hydrogen (secondary N) is 1. The van der Waals surface area contributed by atoms with Gasteiger partial charge in [0.2, 0.25) is 12.7 Å². The first-order valence-corrected chi connectivity index (χ1v) is 8.71. The van der Waals surface area contributed by atoms with Gasteiger partial charge in [-0.15, -0.1) is 0 Å². The van der Waals surface area contributed by atoms with E-state index in [2.05, 4.69) is 10.3 Å².